The molecule has 0 spiro atoms. The minimum absolute atomic E-state index is 0.0639. The van der Waals surface area contributed by atoms with E-state index in [9.17, 15) is 9.90 Å². The molecule has 0 unspecified atom stereocenters. The summed E-state index contributed by atoms with van der Waals surface area (Å²) in [5, 5.41) is 13.1. The second-order valence-electron chi connectivity index (χ2n) is 4.39. The van der Waals surface area contributed by atoms with E-state index in [-0.39, 0.29) is 21.2 Å². The lowest BCUT2D eigenvalue weighted by Crippen LogP contribution is -2.36. The van der Waals surface area contributed by atoms with Crippen LogP contribution in [0.15, 0.2) is 36.4 Å². The Morgan fingerprint density at radius 2 is 2.13 bits per heavy atom. The summed E-state index contributed by atoms with van der Waals surface area (Å²) in [5.41, 5.74) is 0.833. The number of aliphatic hydroxyl groups is 1. The van der Waals surface area contributed by atoms with Crippen LogP contribution in [0.2, 0.25) is 11.7 Å². The average molecular weight is 370 g/mol. The van der Waals surface area contributed by atoms with Crippen LogP contribution in [-0.4, -0.2) is 27.4 Å². The van der Waals surface area contributed by atoms with Gasteiger partial charge in [0.1, 0.15) is 5.15 Å². The number of hydrogen-bond donors (Lipinski definition) is 2. The van der Waals surface area contributed by atoms with Gasteiger partial charge in [0.05, 0.1) is 12.3 Å². The van der Waals surface area contributed by atoms with Crippen molar-refractivity contribution in [3.8, 4) is 0 Å². The molecule has 0 saturated heterocycles. The van der Waals surface area contributed by atoms with Crippen molar-refractivity contribution in [1.29, 1.82) is 5.40 Å². The molecule has 1 aromatic carbocycles. The Kier molecular flexibility index (Phi) is 5.51. The molecule has 2 N–H and O–H groups in total. The van der Waals surface area contributed by atoms with Crippen molar-refractivity contribution in [1.82, 2.24) is 4.98 Å². The Labute approximate surface area is 149 Å². The number of aromatic nitrogens is 1. The number of aliphatic hydroxyl groups excluding tert-OH is 1. The molecular formula is C15H13Cl2N3O2S. The van der Waals surface area contributed by atoms with Crippen molar-refractivity contribution in [3.63, 3.8) is 0 Å². The van der Waals surface area contributed by atoms with E-state index < -0.39 is 12.5 Å². The maximum absolute atomic E-state index is 13.0. The van der Waals surface area contributed by atoms with Gasteiger partial charge in [-0.1, -0.05) is 53.2 Å². The van der Waals surface area contributed by atoms with Crippen LogP contribution in [0.1, 0.15) is 15.9 Å². The third-order valence-electron chi connectivity index (χ3n) is 2.99. The summed E-state index contributed by atoms with van der Waals surface area (Å²) < 4.78 is 7.36. The molecule has 1 heterocycles. The summed E-state index contributed by atoms with van der Waals surface area (Å²) in [4.78, 5) is 18.0. The van der Waals surface area contributed by atoms with Gasteiger partial charge >= 0.3 is 0 Å². The number of carbonyl (C=O) groups is 1. The molecule has 0 aliphatic rings. The van der Waals surface area contributed by atoms with Crippen molar-refractivity contribution in [2.24, 2.45) is 0 Å². The molecular weight excluding hydrogens is 357 g/mol. The Morgan fingerprint density at radius 1 is 1.43 bits per heavy atom. The zero-order chi connectivity index (χ0) is 17.7. The molecule has 2 aromatic rings. The van der Waals surface area contributed by atoms with Crippen LogP contribution in [0.25, 0.3) is 0 Å². The molecule has 0 radical (unpaired) electrons. The minimum Gasteiger partial charge on any atom is -0.392 e. The van der Waals surface area contributed by atoms with Crippen LogP contribution >= 0.6 is 35.0 Å². The van der Waals surface area contributed by atoms with E-state index in [1.807, 2.05) is 0 Å². The van der Waals surface area contributed by atoms with Crippen LogP contribution in [0.3, 0.4) is 0 Å². The molecule has 2 rings (SSSR count). The minimum atomic E-state index is -0.448. The molecule has 0 bridgehead atoms. The summed E-state index contributed by atoms with van der Waals surface area (Å²) >= 11 is 13.1. The summed E-state index contributed by atoms with van der Waals surface area (Å²) in [5.74, 6) is -0.448. The molecule has 0 aliphatic carbocycles. The number of rotatable bonds is 3. The third kappa shape index (κ3) is 3.84. The normalized spacial score (nSPS) is 12.0. The molecule has 0 fully saturated rings. The molecule has 0 aliphatic heterocycles. The van der Waals surface area contributed by atoms with Gasteiger partial charge in [-0.05, 0) is 24.5 Å². The number of nitrogens with zero attached hydrogens (tertiary/aromatic N) is 2. The fraction of sp³-hybridized carbons (Fsp3) is 0.133. The Morgan fingerprint density at radius 3 is 2.70 bits per heavy atom. The topological polar surface area (TPSA) is 77.3 Å². The van der Waals surface area contributed by atoms with E-state index in [1.54, 1.807) is 36.6 Å². The number of pyridine rings is 1. The van der Waals surface area contributed by atoms with Crippen LogP contribution in [-0.2, 0) is 6.61 Å². The zero-order valence-electron chi connectivity index (χ0n) is 13.0. The van der Waals surface area contributed by atoms with Crippen molar-refractivity contribution >= 4 is 51.7 Å². The van der Waals surface area contributed by atoms with Crippen LogP contribution in [0.4, 0.5) is 5.69 Å². The lowest BCUT2D eigenvalue weighted by molar-refractivity contribution is 0.100. The van der Waals surface area contributed by atoms with Crippen molar-refractivity contribution in [2.75, 3.05) is 11.2 Å². The van der Waals surface area contributed by atoms with Crippen LogP contribution in [0.5, 0.6) is 0 Å². The van der Waals surface area contributed by atoms with Gasteiger partial charge in [-0.15, -0.1) is 0 Å². The first kappa shape index (κ1) is 16.3. The molecule has 1 aromatic heterocycles. The van der Waals surface area contributed by atoms with Gasteiger partial charge in [0, 0.05) is 11.1 Å². The molecule has 1 amide bonds. The molecule has 0 atom stereocenters. The molecule has 120 valence electrons. The fourth-order valence-electron chi connectivity index (χ4n) is 1.97. The molecule has 5 nitrogen and oxygen atoms in total. The highest BCUT2D eigenvalue weighted by molar-refractivity contribution is 8.13. The molecule has 8 heteroatoms. The van der Waals surface area contributed by atoms with Gasteiger partial charge in [-0.2, -0.15) is 0 Å². The number of amidine groups is 1. The Bertz CT molecular complexity index is 775. The third-order valence-corrected chi connectivity index (χ3v) is 3.99. The molecule has 23 heavy (non-hydrogen) atoms. The highest BCUT2D eigenvalue weighted by Crippen LogP contribution is 2.33. The first-order chi connectivity index (χ1) is 11.5. The largest absolute Gasteiger partial charge is 0.392 e. The molecule has 0 saturated carbocycles. The van der Waals surface area contributed by atoms with E-state index in [2.05, 4.69) is 10.4 Å². The summed E-state index contributed by atoms with van der Waals surface area (Å²) in [6.07, 6.45) is 1.68. The summed E-state index contributed by atoms with van der Waals surface area (Å²) in [6, 6.07) is 9.90. The number of anilines is 1. The maximum Gasteiger partial charge on any atom is 0.264 e. The highest BCUT2D eigenvalue weighted by Gasteiger charge is 2.27. The van der Waals surface area contributed by atoms with Crippen molar-refractivity contribution < 1.29 is 11.3 Å². The van der Waals surface area contributed by atoms with E-state index >= 15 is 0 Å². The van der Waals surface area contributed by atoms with Gasteiger partial charge in [0.15, 0.2) is 11.7 Å². The number of nitrogens with one attached hydrogen (secondary N) is 1. The Balaban J connectivity index is 2.67. The van der Waals surface area contributed by atoms with Gasteiger partial charge < -0.3 is 5.11 Å². The van der Waals surface area contributed by atoms with Gasteiger partial charge in [0.2, 0.25) is 0 Å². The maximum atomic E-state index is 13.0. The second-order valence-corrected chi connectivity index (χ2v) is 5.91. The van der Waals surface area contributed by atoms with Crippen LogP contribution in [0, 0.1) is 5.40 Å². The number of thioether (sulfide) groups is 1. The number of halogens is 2. The van der Waals surface area contributed by atoms with Gasteiger partial charge in [0.25, 0.3) is 5.91 Å². The second kappa shape index (κ2) is 7.79. The first-order valence-corrected chi connectivity index (χ1v) is 8.42. The van der Waals surface area contributed by atoms with Crippen molar-refractivity contribution in [3.05, 3.63) is 57.8 Å². The summed E-state index contributed by atoms with van der Waals surface area (Å²) in [7, 11) is 0. The lowest BCUT2D eigenvalue weighted by Gasteiger charge is -2.25. The predicted octanol–water partition coefficient (Wildman–Crippen LogP) is 3.83. The summed E-state index contributed by atoms with van der Waals surface area (Å²) in [6.45, 7) is -0.407. The lowest BCUT2D eigenvalue weighted by atomic mass is 10.1. The monoisotopic (exact) mass is 369 g/mol. The van der Waals surface area contributed by atoms with Crippen molar-refractivity contribution in [2.45, 2.75) is 6.61 Å². The number of hydrogen-bond acceptors (Lipinski definition) is 5. The van der Waals surface area contributed by atoms with Gasteiger partial charge in [-0.3, -0.25) is 15.1 Å². The van der Waals surface area contributed by atoms with E-state index in [4.69, 9.17) is 24.6 Å². The fourth-order valence-corrected chi connectivity index (χ4v) is 2.88. The predicted molar refractivity (Wildman–Crippen MR) is 94.7 cm³/mol. The van der Waals surface area contributed by atoms with E-state index in [1.165, 1.54) is 6.07 Å². The zero-order valence-corrected chi connectivity index (χ0v) is 14.4. The highest BCUT2D eigenvalue weighted by atomic mass is 35.5. The average Bonchev–Trinajstić information content (AvgIpc) is 2.60. The number of amides is 1. The van der Waals surface area contributed by atoms with E-state index in [0.717, 1.165) is 16.7 Å². The smallest absolute Gasteiger partial charge is 0.264 e. The van der Waals surface area contributed by atoms with Gasteiger partial charge in [-0.25, -0.2) is 4.98 Å². The van der Waals surface area contributed by atoms with E-state index in [0.29, 0.717) is 11.1 Å². The van der Waals surface area contributed by atoms with Crippen LogP contribution < -0.4 is 4.90 Å². The first-order valence-electron chi connectivity index (χ1n) is 6.89. The standard InChI is InChI=1S/C15H13Cl2N3O2S/c1-23-15(18)20(14(22)9-5-3-2-4-6-9)12-10(8-21)7-11(16)19-13(12)17/h2-7,18,21H,8H2,1H3/b18-15+. The quantitative estimate of drug-likeness (QED) is 0.489. The number of benzene rings is 1. The number of carbonyl (C=O) groups excluding carboxylic acids is 1. The SMILES string of the molecule is [H]/N=C(/SC)N(C(=O)c1ccccc1)c1c(CO)cc(Cl)nc1Cl. The Hall–Kier alpha value is -1.60.